The normalized spacial score (nSPS) is 28.2. The fourth-order valence-electron chi connectivity index (χ4n) is 5.24. The number of fused-ring (bicyclic) bond motifs is 2. The lowest BCUT2D eigenvalue weighted by atomic mass is 9.55. The summed E-state index contributed by atoms with van der Waals surface area (Å²) in [6, 6.07) is 4.84. The van der Waals surface area contributed by atoms with Crippen molar-refractivity contribution in [2.75, 3.05) is 11.9 Å². The number of halogens is 2. The van der Waals surface area contributed by atoms with E-state index in [2.05, 4.69) is 20.4 Å². The number of carbonyl (C=O) groups excluding carboxylic acids is 1. The second-order valence-corrected chi connectivity index (χ2v) is 8.81. The van der Waals surface area contributed by atoms with Crippen LogP contribution in [0.2, 0.25) is 0 Å². The van der Waals surface area contributed by atoms with Gasteiger partial charge in [-0.2, -0.15) is 10.4 Å². The number of nitrogens with one attached hydrogen (secondary N) is 1. The Morgan fingerprint density at radius 3 is 2.59 bits per heavy atom. The SMILES string of the molecule is N#Cc1cnc(NCC2C[C@H](C(=O)N3N=CCC3c3cc(F)cc(F)c3)C3CC2C3)cn1. The van der Waals surface area contributed by atoms with Crippen molar-refractivity contribution in [3.8, 4) is 6.07 Å². The van der Waals surface area contributed by atoms with Gasteiger partial charge in [-0.3, -0.25) is 4.79 Å². The van der Waals surface area contributed by atoms with Crippen molar-refractivity contribution < 1.29 is 13.6 Å². The molecule has 2 heterocycles. The maximum Gasteiger partial charge on any atom is 0.246 e. The number of anilines is 1. The summed E-state index contributed by atoms with van der Waals surface area (Å²) < 4.78 is 27.5. The molecule has 1 aliphatic heterocycles. The van der Waals surface area contributed by atoms with Gasteiger partial charge in [-0.25, -0.2) is 23.8 Å². The first kappa shape index (κ1) is 20.5. The number of rotatable bonds is 5. The van der Waals surface area contributed by atoms with Crippen LogP contribution in [0.4, 0.5) is 14.6 Å². The molecule has 1 N–H and O–H groups in total. The Labute approximate surface area is 184 Å². The minimum Gasteiger partial charge on any atom is -0.369 e. The molecule has 4 aliphatic rings. The largest absolute Gasteiger partial charge is 0.369 e. The number of nitriles is 1. The molecular weight excluding hydrogens is 414 g/mol. The predicted molar refractivity (Wildman–Crippen MR) is 112 cm³/mol. The predicted octanol–water partition coefficient (Wildman–Crippen LogP) is 3.66. The summed E-state index contributed by atoms with van der Waals surface area (Å²) in [6.45, 7) is 0.670. The van der Waals surface area contributed by atoms with E-state index in [1.165, 1.54) is 29.5 Å². The van der Waals surface area contributed by atoms with Crippen molar-refractivity contribution in [3.63, 3.8) is 0 Å². The molecule has 32 heavy (non-hydrogen) atoms. The minimum atomic E-state index is -0.657. The van der Waals surface area contributed by atoms with Crippen LogP contribution in [-0.4, -0.2) is 33.6 Å². The summed E-state index contributed by atoms with van der Waals surface area (Å²) in [5.41, 5.74) is 0.688. The second kappa shape index (κ2) is 8.26. The first-order chi connectivity index (χ1) is 15.5. The molecule has 0 radical (unpaired) electrons. The van der Waals surface area contributed by atoms with E-state index in [1.54, 1.807) is 6.21 Å². The summed E-state index contributed by atoms with van der Waals surface area (Å²) in [6.07, 6.45) is 7.78. The monoisotopic (exact) mass is 436 g/mol. The van der Waals surface area contributed by atoms with E-state index in [9.17, 15) is 13.6 Å². The van der Waals surface area contributed by atoms with E-state index in [1.807, 2.05) is 6.07 Å². The third kappa shape index (κ3) is 3.81. The van der Waals surface area contributed by atoms with Gasteiger partial charge in [0.05, 0.1) is 18.4 Å². The lowest BCUT2D eigenvalue weighted by Crippen LogP contribution is -2.50. The number of benzene rings is 1. The Morgan fingerprint density at radius 2 is 1.91 bits per heavy atom. The fraction of sp³-hybridized carbons (Fsp3) is 0.435. The Bertz CT molecular complexity index is 1070. The highest BCUT2D eigenvalue weighted by Crippen LogP contribution is 2.53. The van der Waals surface area contributed by atoms with Gasteiger partial charge >= 0.3 is 0 Å². The van der Waals surface area contributed by atoms with Crippen molar-refractivity contribution >= 4 is 17.9 Å². The highest BCUT2D eigenvalue weighted by atomic mass is 19.1. The van der Waals surface area contributed by atoms with E-state index >= 15 is 0 Å². The highest BCUT2D eigenvalue weighted by Gasteiger charge is 2.50. The topological polar surface area (TPSA) is 94.3 Å². The van der Waals surface area contributed by atoms with Crippen LogP contribution in [0, 0.1) is 46.6 Å². The van der Waals surface area contributed by atoms with E-state index in [4.69, 9.17) is 5.26 Å². The molecule has 3 atom stereocenters. The van der Waals surface area contributed by atoms with Gasteiger partial charge < -0.3 is 5.32 Å². The molecule has 1 amide bonds. The average Bonchev–Trinajstić information content (AvgIpc) is 3.26. The molecule has 2 unspecified atom stereocenters. The van der Waals surface area contributed by atoms with Crippen LogP contribution in [0.5, 0.6) is 0 Å². The molecule has 0 saturated heterocycles. The van der Waals surface area contributed by atoms with Crippen molar-refractivity contribution in [1.82, 2.24) is 15.0 Å². The quantitative estimate of drug-likeness (QED) is 0.772. The van der Waals surface area contributed by atoms with Gasteiger partial charge in [0.1, 0.15) is 23.5 Å². The third-order valence-corrected chi connectivity index (χ3v) is 6.96. The van der Waals surface area contributed by atoms with Crippen molar-refractivity contribution in [2.24, 2.45) is 28.8 Å². The molecule has 9 heteroatoms. The molecule has 6 rings (SSSR count). The first-order valence-corrected chi connectivity index (χ1v) is 10.8. The number of amides is 1. The zero-order valence-electron chi connectivity index (χ0n) is 17.3. The lowest BCUT2D eigenvalue weighted by Gasteiger charge is -2.51. The molecule has 1 aromatic carbocycles. The Hall–Kier alpha value is -3.41. The number of hydrogen-bond donors (Lipinski definition) is 1. The van der Waals surface area contributed by atoms with Crippen LogP contribution in [-0.2, 0) is 4.79 Å². The highest BCUT2D eigenvalue weighted by molar-refractivity contribution is 5.82. The van der Waals surface area contributed by atoms with Crippen LogP contribution < -0.4 is 5.32 Å². The molecule has 2 bridgehead atoms. The van der Waals surface area contributed by atoms with Crippen LogP contribution in [0.3, 0.4) is 0 Å². The molecule has 3 fully saturated rings. The number of carbonyl (C=O) groups is 1. The summed E-state index contributed by atoms with van der Waals surface area (Å²) in [5, 5.41) is 17.8. The molecule has 1 aromatic heterocycles. The van der Waals surface area contributed by atoms with Gasteiger partial charge in [0.2, 0.25) is 5.91 Å². The average molecular weight is 436 g/mol. The van der Waals surface area contributed by atoms with Crippen LogP contribution in [0.1, 0.15) is 43.0 Å². The Kier molecular flexibility index (Phi) is 5.29. The van der Waals surface area contributed by atoms with Crippen molar-refractivity contribution in [1.29, 1.82) is 5.26 Å². The third-order valence-electron chi connectivity index (χ3n) is 6.96. The Morgan fingerprint density at radius 1 is 1.12 bits per heavy atom. The van der Waals surface area contributed by atoms with Gasteiger partial charge in [-0.05, 0) is 54.7 Å². The zero-order chi connectivity index (χ0) is 22.2. The van der Waals surface area contributed by atoms with E-state index < -0.39 is 17.7 Å². The maximum absolute atomic E-state index is 13.7. The number of hydrazone groups is 1. The van der Waals surface area contributed by atoms with Gasteiger partial charge in [0.15, 0.2) is 5.69 Å². The van der Waals surface area contributed by atoms with Gasteiger partial charge in [-0.15, -0.1) is 0 Å². The molecule has 3 aliphatic carbocycles. The zero-order valence-corrected chi connectivity index (χ0v) is 17.3. The van der Waals surface area contributed by atoms with Crippen molar-refractivity contribution in [2.45, 2.75) is 31.7 Å². The lowest BCUT2D eigenvalue weighted by molar-refractivity contribution is -0.147. The number of nitrogens with zero attached hydrogens (tertiary/aromatic N) is 5. The van der Waals surface area contributed by atoms with E-state index in [0.29, 0.717) is 42.1 Å². The fourth-order valence-corrected chi connectivity index (χ4v) is 5.24. The van der Waals surface area contributed by atoms with E-state index in [-0.39, 0.29) is 17.5 Å². The molecule has 0 spiro atoms. The van der Waals surface area contributed by atoms with Gasteiger partial charge in [-0.1, -0.05) is 0 Å². The van der Waals surface area contributed by atoms with Gasteiger partial charge in [0, 0.05) is 31.2 Å². The summed E-state index contributed by atoms with van der Waals surface area (Å²) >= 11 is 0. The van der Waals surface area contributed by atoms with Gasteiger partial charge in [0.25, 0.3) is 0 Å². The molecular formula is C23H22F2N6O. The summed E-state index contributed by atoms with van der Waals surface area (Å²) in [5.74, 6) is 0.271. The van der Waals surface area contributed by atoms with Crippen LogP contribution >= 0.6 is 0 Å². The maximum atomic E-state index is 13.7. The smallest absolute Gasteiger partial charge is 0.246 e. The van der Waals surface area contributed by atoms with Crippen LogP contribution in [0.15, 0.2) is 35.7 Å². The van der Waals surface area contributed by atoms with Crippen LogP contribution in [0.25, 0.3) is 0 Å². The molecule has 7 nitrogen and oxygen atoms in total. The Balaban J connectivity index is 1.26. The van der Waals surface area contributed by atoms with Crippen molar-refractivity contribution in [3.05, 3.63) is 53.5 Å². The minimum absolute atomic E-state index is 0.0697. The molecule has 164 valence electrons. The molecule has 2 aromatic rings. The first-order valence-electron chi connectivity index (χ1n) is 10.8. The number of aromatic nitrogens is 2. The summed E-state index contributed by atoms with van der Waals surface area (Å²) in [7, 11) is 0. The summed E-state index contributed by atoms with van der Waals surface area (Å²) in [4.78, 5) is 21.6. The molecule has 3 saturated carbocycles. The number of hydrogen-bond acceptors (Lipinski definition) is 6. The second-order valence-electron chi connectivity index (χ2n) is 8.81. The standard InChI is InChI=1S/C23H22F2N6O/c24-17-5-15(6-18(25)8-17)21-1-2-30-31(21)23(32)20-7-16(13-3-14(20)4-13)10-28-22-12-27-19(9-26)11-29-22/h2,5-6,8,11-14,16,20-21H,1,3-4,7,10H2,(H,28,29)/t13?,14?,16?,20-,21?/m0/s1. The van der Waals surface area contributed by atoms with E-state index in [0.717, 1.165) is 25.3 Å².